The summed E-state index contributed by atoms with van der Waals surface area (Å²) in [6.45, 7) is 3.02. The van der Waals surface area contributed by atoms with Crippen LogP contribution < -0.4 is 9.46 Å². The number of anilines is 1. The Morgan fingerprint density at radius 1 is 1.46 bits per heavy atom. The highest BCUT2D eigenvalue weighted by atomic mass is 35.5. The number of rotatable bonds is 6. The Kier molecular flexibility index (Phi) is 7.43. The third-order valence-electron chi connectivity index (χ3n) is 3.49. The summed E-state index contributed by atoms with van der Waals surface area (Å²) in [6.07, 6.45) is 0.851. The first kappa shape index (κ1) is 21.7. The van der Waals surface area contributed by atoms with Crippen LogP contribution in [0.4, 0.5) is 14.5 Å². The molecule has 2 rings (SSSR count). The molecule has 0 aromatic heterocycles. The van der Waals surface area contributed by atoms with Crippen molar-refractivity contribution in [1.82, 2.24) is 0 Å². The number of hydrogen-bond donors (Lipinski definition) is 3. The molecule has 9 heteroatoms. The van der Waals surface area contributed by atoms with Gasteiger partial charge in [0, 0.05) is 28.4 Å². The molecule has 146 valence electrons. The minimum absolute atomic E-state index is 0.0703. The molecule has 2 aromatic rings. The highest BCUT2D eigenvalue weighted by molar-refractivity contribution is 7.92. The molecule has 0 aliphatic heterocycles. The zero-order valence-corrected chi connectivity index (χ0v) is 16.2. The molecular formula is C19H15ClF2N2O3S. The smallest absolute Gasteiger partial charge is 0.223 e. The van der Waals surface area contributed by atoms with Gasteiger partial charge in [-0.3, -0.25) is 0 Å². The first-order valence-electron chi connectivity index (χ1n) is 7.67. The van der Waals surface area contributed by atoms with E-state index in [1.54, 1.807) is 0 Å². The molecule has 1 atom stereocenters. The summed E-state index contributed by atoms with van der Waals surface area (Å²) in [7, 11) is 1.32. The van der Waals surface area contributed by atoms with E-state index in [9.17, 15) is 18.4 Å². The fourth-order valence-electron chi connectivity index (χ4n) is 2.19. The molecule has 2 aromatic carbocycles. The molecule has 0 spiro atoms. The summed E-state index contributed by atoms with van der Waals surface area (Å²) in [5.41, 5.74) is -0.450. The summed E-state index contributed by atoms with van der Waals surface area (Å²) < 4.78 is 48.9. The molecule has 0 aliphatic rings. The van der Waals surface area contributed by atoms with Crippen LogP contribution in [0.15, 0.2) is 41.3 Å². The average Bonchev–Trinajstić information content (AvgIpc) is 2.68. The van der Waals surface area contributed by atoms with Gasteiger partial charge < -0.3 is 19.8 Å². The van der Waals surface area contributed by atoms with E-state index < -0.39 is 35.2 Å². The second-order valence-corrected chi connectivity index (χ2v) is 6.95. The SMILES string of the molecule is C=C(C#Cc1c(F)ccc(N[S+]([O-])c2cc(Cl)cc(CO)c2OC)c1F)C=N. The lowest BCUT2D eigenvalue weighted by Gasteiger charge is -2.17. The predicted octanol–water partition coefficient (Wildman–Crippen LogP) is 3.81. The van der Waals surface area contributed by atoms with Gasteiger partial charge in [0.2, 0.25) is 4.90 Å². The normalized spacial score (nSPS) is 11.2. The zero-order chi connectivity index (χ0) is 20.8. The van der Waals surface area contributed by atoms with Crippen molar-refractivity contribution in [2.45, 2.75) is 11.5 Å². The summed E-state index contributed by atoms with van der Waals surface area (Å²) in [6, 6.07) is 4.83. The van der Waals surface area contributed by atoms with Gasteiger partial charge in [0.15, 0.2) is 11.6 Å². The van der Waals surface area contributed by atoms with Crippen LogP contribution >= 0.6 is 11.6 Å². The largest absolute Gasteiger partial charge is 0.588 e. The quantitative estimate of drug-likeness (QED) is 0.374. The molecule has 0 aliphatic carbocycles. The third kappa shape index (κ3) is 4.82. The molecule has 28 heavy (non-hydrogen) atoms. The van der Waals surface area contributed by atoms with Crippen LogP contribution in [0.1, 0.15) is 11.1 Å². The number of nitrogens with one attached hydrogen (secondary N) is 2. The maximum absolute atomic E-state index is 14.6. The van der Waals surface area contributed by atoms with Gasteiger partial charge in [-0.05, 0) is 18.2 Å². The summed E-state index contributed by atoms with van der Waals surface area (Å²) in [5.74, 6) is 2.77. The minimum Gasteiger partial charge on any atom is -0.588 e. The number of benzene rings is 2. The Morgan fingerprint density at radius 2 is 2.18 bits per heavy atom. The summed E-state index contributed by atoms with van der Waals surface area (Å²) in [4.78, 5) is 0.0765. The van der Waals surface area contributed by atoms with Crippen molar-refractivity contribution >= 4 is 34.9 Å². The van der Waals surface area contributed by atoms with Gasteiger partial charge in [-0.1, -0.05) is 30.0 Å². The molecule has 0 heterocycles. The van der Waals surface area contributed by atoms with E-state index in [0.29, 0.717) is 5.56 Å². The second kappa shape index (κ2) is 9.57. The van der Waals surface area contributed by atoms with Gasteiger partial charge in [-0.15, -0.1) is 0 Å². The molecule has 1 unspecified atom stereocenters. The molecule has 0 radical (unpaired) electrons. The lowest BCUT2D eigenvalue weighted by Crippen LogP contribution is -2.16. The van der Waals surface area contributed by atoms with E-state index in [0.717, 1.165) is 18.3 Å². The van der Waals surface area contributed by atoms with Crippen molar-refractivity contribution < 1.29 is 23.2 Å². The molecule has 0 fully saturated rings. The van der Waals surface area contributed by atoms with E-state index in [-0.39, 0.29) is 26.9 Å². The Morgan fingerprint density at radius 3 is 2.79 bits per heavy atom. The average molecular weight is 425 g/mol. The standard InChI is InChI=1S/C19H15ClF2N2O3S/c1-11(9-23)3-4-14-15(21)5-6-16(18(14)22)24-28(26)17-8-13(20)7-12(10-25)19(17)27-2/h5-9,23-25H,1,10H2,2H3. The van der Waals surface area contributed by atoms with Crippen molar-refractivity contribution in [3.63, 3.8) is 0 Å². The van der Waals surface area contributed by atoms with Crippen LogP contribution in [0.25, 0.3) is 0 Å². The number of aliphatic hydroxyl groups excluding tert-OH is 1. The Labute approximate surface area is 168 Å². The molecule has 0 saturated heterocycles. The van der Waals surface area contributed by atoms with Crippen LogP contribution in [0.2, 0.25) is 5.02 Å². The Hall–Kier alpha value is -2.57. The number of methoxy groups -OCH3 is 1. The minimum atomic E-state index is -2.04. The van der Waals surface area contributed by atoms with Gasteiger partial charge in [0.05, 0.1) is 19.3 Å². The van der Waals surface area contributed by atoms with Crippen LogP contribution in [-0.4, -0.2) is 23.0 Å². The summed E-state index contributed by atoms with van der Waals surface area (Å²) >= 11 is 3.93. The van der Waals surface area contributed by atoms with Crippen LogP contribution in [0.5, 0.6) is 5.75 Å². The van der Waals surface area contributed by atoms with Gasteiger partial charge in [0.25, 0.3) is 0 Å². The van der Waals surface area contributed by atoms with Crippen LogP contribution in [-0.2, 0) is 18.0 Å². The maximum Gasteiger partial charge on any atom is 0.223 e. The van der Waals surface area contributed by atoms with Crippen molar-refractivity contribution in [3.05, 3.63) is 64.2 Å². The number of aliphatic hydroxyl groups is 1. The maximum atomic E-state index is 14.6. The monoisotopic (exact) mass is 424 g/mol. The van der Waals surface area contributed by atoms with E-state index >= 15 is 0 Å². The molecule has 0 saturated carbocycles. The first-order chi connectivity index (χ1) is 13.3. The molecule has 5 nitrogen and oxygen atoms in total. The fourth-order valence-corrected chi connectivity index (χ4v) is 3.58. The highest BCUT2D eigenvalue weighted by Crippen LogP contribution is 2.33. The van der Waals surface area contributed by atoms with E-state index in [2.05, 4.69) is 23.1 Å². The Bertz CT molecular complexity index is 989. The number of hydrogen-bond acceptors (Lipinski definition) is 5. The zero-order valence-electron chi connectivity index (χ0n) is 14.6. The summed E-state index contributed by atoms with van der Waals surface area (Å²) in [5, 5.41) is 16.6. The highest BCUT2D eigenvalue weighted by Gasteiger charge is 2.24. The van der Waals surface area contributed by atoms with Gasteiger partial charge >= 0.3 is 0 Å². The Balaban J connectivity index is 2.44. The van der Waals surface area contributed by atoms with E-state index in [4.69, 9.17) is 21.7 Å². The molecule has 0 amide bonds. The number of ether oxygens (including phenoxy) is 1. The van der Waals surface area contributed by atoms with Crippen molar-refractivity contribution in [3.8, 4) is 17.6 Å². The van der Waals surface area contributed by atoms with Gasteiger partial charge in [0.1, 0.15) is 22.9 Å². The van der Waals surface area contributed by atoms with Crippen LogP contribution in [0.3, 0.4) is 0 Å². The van der Waals surface area contributed by atoms with Gasteiger partial charge in [-0.2, -0.15) is 0 Å². The number of halogens is 3. The van der Waals surface area contributed by atoms with Crippen molar-refractivity contribution in [1.29, 1.82) is 5.41 Å². The fraction of sp³-hybridized carbons (Fsp3) is 0.105. The first-order valence-corrected chi connectivity index (χ1v) is 9.20. The predicted molar refractivity (Wildman–Crippen MR) is 105 cm³/mol. The third-order valence-corrected chi connectivity index (χ3v) is 4.81. The number of allylic oxidation sites excluding steroid dienone is 1. The molecule has 0 bridgehead atoms. The second-order valence-electron chi connectivity index (χ2n) is 5.33. The molecule has 3 N–H and O–H groups in total. The van der Waals surface area contributed by atoms with Crippen molar-refractivity contribution in [2.24, 2.45) is 0 Å². The lowest BCUT2D eigenvalue weighted by molar-refractivity contribution is 0.272. The lowest BCUT2D eigenvalue weighted by atomic mass is 10.1. The topological polar surface area (TPSA) is 88.4 Å². The van der Waals surface area contributed by atoms with Gasteiger partial charge in [-0.25, -0.2) is 13.5 Å². The van der Waals surface area contributed by atoms with E-state index in [1.165, 1.54) is 19.2 Å². The van der Waals surface area contributed by atoms with Crippen LogP contribution in [0, 0.1) is 28.9 Å². The van der Waals surface area contributed by atoms with Crippen molar-refractivity contribution in [2.75, 3.05) is 11.8 Å². The van der Waals surface area contributed by atoms with E-state index in [1.807, 2.05) is 0 Å². The molecular weight excluding hydrogens is 410 g/mol.